The fourth-order valence-electron chi connectivity index (χ4n) is 0.790. The lowest BCUT2D eigenvalue weighted by molar-refractivity contribution is -0.384. The van der Waals surface area contributed by atoms with Crippen molar-refractivity contribution in [3.05, 3.63) is 34.4 Å². The third-order valence-electron chi connectivity index (χ3n) is 1.35. The lowest BCUT2D eigenvalue weighted by Gasteiger charge is -1.92. The van der Waals surface area contributed by atoms with Gasteiger partial charge in [0.1, 0.15) is 0 Å². The number of benzene rings is 1. The van der Waals surface area contributed by atoms with Gasteiger partial charge < -0.3 is 0 Å². The second kappa shape index (κ2) is 4.13. The maximum atomic E-state index is 10.6. The van der Waals surface area contributed by atoms with E-state index in [0.29, 0.717) is 0 Å². The molecule has 0 saturated heterocycles. The molecule has 1 aromatic carbocycles. The van der Waals surface area contributed by atoms with Crippen LogP contribution in [0, 0.1) is 10.1 Å². The number of nitrogens with zero attached hydrogens (tertiary/aromatic N) is 3. The van der Waals surface area contributed by atoms with Gasteiger partial charge >= 0.3 is 0 Å². The van der Waals surface area contributed by atoms with E-state index >= 15 is 0 Å². The molecule has 0 amide bonds. The van der Waals surface area contributed by atoms with Crippen molar-refractivity contribution >= 4 is 21.4 Å². The molecule has 0 radical (unpaired) electrons. The third kappa shape index (κ3) is 3.81. The molecule has 0 spiro atoms. The molecular formula is C7H7N3O4S. The van der Waals surface area contributed by atoms with Crippen LogP contribution in [-0.2, 0) is 10.0 Å². The minimum absolute atomic E-state index is 0.120. The molecule has 0 unspecified atom stereocenters. The highest BCUT2D eigenvalue weighted by atomic mass is 32.2. The van der Waals surface area contributed by atoms with Crippen LogP contribution >= 0.6 is 0 Å². The molecule has 0 atom stereocenters. The Bertz CT molecular complexity index is 509. The Balaban J connectivity index is 3.02. The fraction of sp³-hybridized carbons (Fsp3) is 0.143. The second-order valence-corrected chi connectivity index (χ2v) is 4.32. The Labute approximate surface area is 85.7 Å². The zero-order chi connectivity index (χ0) is 11.5. The quantitative estimate of drug-likeness (QED) is 0.446. The molecule has 0 N–H and O–H groups in total. The van der Waals surface area contributed by atoms with Crippen molar-refractivity contribution in [2.24, 2.45) is 9.63 Å². The van der Waals surface area contributed by atoms with Crippen LogP contribution < -0.4 is 0 Å². The van der Waals surface area contributed by atoms with Gasteiger partial charge in [0.25, 0.3) is 15.7 Å². The first-order valence-electron chi connectivity index (χ1n) is 3.76. The minimum atomic E-state index is -3.57. The summed E-state index contributed by atoms with van der Waals surface area (Å²) in [4.78, 5) is 9.77. The van der Waals surface area contributed by atoms with Crippen molar-refractivity contribution in [1.82, 2.24) is 0 Å². The summed E-state index contributed by atoms with van der Waals surface area (Å²) in [5, 5.41) is 13.7. The van der Waals surface area contributed by atoms with Crippen molar-refractivity contribution in [3.8, 4) is 0 Å². The molecular weight excluding hydrogens is 222 g/mol. The average Bonchev–Trinajstić information content (AvgIpc) is 2.14. The molecule has 0 fully saturated rings. The first kappa shape index (κ1) is 11.2. The summed E-state index contributed by atoms with van der Waals surface area (Å²) in [6.07, 6.45) is 0.883. The standard InChI is InChI=1S/C7H7N3O4S/c1-15(13,14)9-8-6-3-2-4-7(5-6)10(11)12/h2-5H,1H3. The average molecular weight is 229 g/mol. The van der Waals surface area contributed by atoms with Crippen LogP contribution in [0.5, 0.6) is 0 Å². The predicted molar refractivity (Wildman–Crippen MR) is 52.5 cm³/mol. The smallest absolute Gasteiger partial charge is 0.258 e. The normalized spacial score (nSPS) is 11.8. The number of non-ortho nitro benzene ring substituents is 1. The van der Waals surface area contributed by atoms with E-state index in [0.717, 1.165) is 12.3 Å². The lowest BCUT2D eigenvalue weighted by atomic mass is 10.3. The van der Waals surface area contributed by atoms with Gasteiger partial charge in [0.05, 0.1) is 16.9 Å². The number of hydrogen-bond acceptors (Lipinski definition) is 5. The Morgan fingerprint density at radius 3 is 2.60 bits per heavy atom. The summed E-state index contributed by atoms with van der Waals surface area (Å²) in [5.41, 5.74) is -0.0467. The van der Waals surface area contributed by atoms with Crippen LogP contribution in [0.2, 0.25) is 0 Å². The molecule has 8 heteroatoms. The zero-order valence-corrected chi connectivity index (χ0v) is 8.51. The summed E-state index contributed by atoms with van der Waals surface area (Å²) in [7, 11) is -3.57. The number of nitro benzene ring substituents is 1. The molecule has 7 nitrogen and oxygen atoms in total. The summed E-state index contributed by atoms with van der Waals surface area (Å²) in [6.45, 7) is 0. The van der Waals surface area contributed by atoms with Crippen LogP contribution in [0.25, 0.3) is 0 Å². The van der Waals surface area contributed by atoms with Gasteiger partial charge in [-0.1, -0.05) is 10.6 Å². The van der Waals surface area contributed by atoms with Gasteiger partial charge in [0, 0.05) is 12.1 Å². The summed E-state index contributed by atoms with van der Waals surface area (Å²) in [6, 6.07) is 5.23. The molecule has 0 bridgehead atoms. The van der Waals surface area contributed by atoms with Crippen LogP contribution in [0.15, 0.2) is 33.9 Å². The Hall–Kier alpha value is -1.83. The molecule has 0 aliphatic heterocycles. The summed E-state index contributed by atoms with van der Waals surface area (Å²) < 4.78 is 24.3. The lowest BCUT2D eigenvalue weighted by Crippen LogP contribution is -1.88. The molecule has 0 saturated carbocycles. The predicted octanol–water partition coefficient (Wildman–Crippen LogP) is 1.64. The Kier molecular flexibility index (Phi) is 3.10. The van der Waals surface area contributed by atoms with Crippen LogP contribution in [0.3, 0.4) is 0 Å². The van der Waals surface area contributed by atoms with Crippen molar-refractivity contribution in [2.45, 2.75) is 0 Å². The van der Waals surface area contributed by atoms with E-state index in [1.165, 1.54) is 18.2 Å². The first-order chi connectivity index (χ1) is 6.88. The van der Waals surface area contributed by atoms with Crippen LogP contribution in [0.1, 0.15) is 0 Å². The molecule has 0 aromatic heterocycles. The number of hydrogen-bond donors (Lipinski definition) is 0. The molecule has 1 rings (SSSR count). The number of rotatable bonds is 3. The highest BCUT2D eigenvalue weighted by Crippen LogP contribution is 2.20. The highest BCUT2D eigenvalue weighted by Gasteiger charge is 2.05. The maximum absolute atomic E-state index is 10.6. The van der Waals surface area contributed by atoms with E-state index < -0.39 is 14.9 Å². The van der Waals surface area contributed by atoms with Gasteiger partial charge in [-0.3, -0.25) is 10.1 Å². The second-order valence-electron chi connectivity index (χ2n) is 2.69. The van der Waals surface area contributed by atoms with E-state index in [9.17, 15) is 18.5 Å². The Morgan fingerprint density at radius 2 is 2.07 bits per heavy atom. The molecule has 80 valence electrons. The highest BCUT2D eigenvalue weighted by molar-refractivity contribution is 7.89. The fourth-order valence-corrected chi connectivity index (χ4v) is 1.03. The summed E-state index contributed by atoms with van der Waals surface area (Å²) in [5.74, 6) is 0. The summed E-state index contributed by atoms with van der Waals surface area (Å²) >= 11 is 0. The van der Waals surface area contributed by atoms with Crippen LogP contribution in [-0.4, -0.2) is 19.6 Å². The van der Waals surface area contributed by atoms with E-state index in [4.69, 9.17) is 0 Å². The van der Waals surface area contributed by atoms with Gasteiger partial charge in [-0.25, -0.2) is 8.42 Å². The van der Waals surface area contributed by atoms with Gasteiger partial charge in [0.2, 0.25) is 0 Å². The van der Waals surface area contributed by atoms with Gasteiger partial charge in [0.15, 0.2) is 0 Å². The number of nitro groups is 1. The van der Waals surface area contributed by atoms with Crippen molar-refractivity contribution in [2.75, 3.05) is 6.26 Å². The van der Waals surface area contributed by atoms with E-state index in [-0.39, 0.29) is 11.4 Å². The van der Waals surface area contributed by atoms with Crippen molar-refractivity contribution in [3.63, 3.8) is 0 Å². The molecule has 0 aliphatic rings. The molecule has 0 heterocycles. The maximum Gasteiger partial charge on any atom is 0.271 e. The Morgan fingerprint density at radius 1 is 1.40 bits per heavy atom. The monoisotopic (exact) mass is 229 g/mol. The van der Waals surface area contributed by atoms with Gasteiger partial charge in [-0.05, 0) is 6.07 Å². The molecule has 1 aromatic rings. The topological polar surface area (TPSA) is 102 Å². The number of sulfonamides is 1. The molecule has 0 aliphatic carbocycles. The first-order valence-corrected chi connectivity index (χ1v) is 5.61. The van der Waals surface area contributed by atoms with E-state index in [1.54, 1.807) is 0 Å². The zero-order valence-electron chi connectivity index (χ0n) is 7.69. The SMILES string of the molecule is CS(=O)(=O)N=Nc1cccc([N+](=O)[O-])c1. The van der Waals surface area contributed by atoms with Gasteiger partial charge in [-0.2, -0.15) is 0 Å². The van der Waals surface area contributed by atoms with E-state index in [1.807, 2.05) is 0 Å². The molecule has 15 heavy (non-hydrogen) atoms. The largest absolute Gasteiger partial charge is 0.271 e. The van der Waals surface area contributed by atoms with Crippen molar-refractivity contribution in [1.29, 1.82) is 0 Å². The van der Waals surface area contributed by atoms with E-state index in [2.05, 4.69) is 9.63 Å². The van der Waals surface area contributed by atoms with Crippen molar-refractivity contribution < 1.29 is 13.3 Å². The minimum Gasteiger partial charge on any atom is -0.258 e. The third-order valence-corrected chi connectivity index (χ3v) is 1.72. The van der Waals surface area contributed by atoms with Gasteiger partial charge in [-0.15, -0.1) is 5.11 Å². The van der Waals surface area contributed by atoms with Crippen LogP contribution in [0.4, 0.5) is 11.4 Å².